The van der Waals surface area contributed by atoms with Crippen molar-refractivity contribution in [3.05, 3.63) is 18.3 Å². The maximum Gasteiger partial charge on any atom is 0.243 e. The van der Waals surface area contributed by atoms with E-state index in [2.05, 4.69) is 15.2 Å². The van der Waals surface area contributed by atoms with Crippen LogP contribution < -0.4 is 5.32 Å². The number of anilines is 1. The predicted octanol–water partition coefficient (Wildman–Crippen LogP) is 0.448. The summed E-state index contributed by atoms with van der Waals surface area (Å²) in [6, 6.07) is 3.09. The van der Waals surface area contributed by atoms with Crippen LogP contribution in [0, 0.1) is 0 Å². The Morgan fingerprint density at radius 1 is 1.42 bits per heavy atom. The number of pyridine rings is 1. The number of nitrogens with zero attached hydrogens (tertiary/aromatic N) is 3. The summed E-state index contributed by atoms with van der Waals surface area (Å²) in [5, 5.41) is 2.86. The maximum absolute atomic E-state index is 12.6. The van der Waals surface area contributed by atoms with E-state index in [0.29, 0.717) is 17.3 Å². The van der Waals surface area contributed by atoms with E-state index in [9.17, 15) is 8.42 Å². The van der Waals surface area contributed by atoms with Gasteiger partial charge in [-0.25, -0.2) is 13.4 Å². The Balaban J connectivity index is 2.31. The molecule has 0 spiro atoms. The minimum absolute atomic E-state index is 0.0186. The van der Waals surface area contributed by atoms with Gasteiger partial charge in [-0.1, -0.05) is 0 Å². The molecule has 19 heavy (non-hydrogen) atoms. The van der Waals surface area contributed by atoms with E-state index >= 15 is 0 Å². The molecular weight excluding hydrogens is 264 g/mol. The lowest BCUT2D eigenvalue weighted by molar-refractivity contribution is 0.170. The van der Waals surface area contributed by atoms with Crippen LogP contribution in [0.5, 0.6) is 0 Å². The number of rotatable bonds is 3. The minimum atomic E-state index is -3.44. The van der Waals surface area contributed by atoms with Gasteiger partial charge in [-0.05, 0) is 20.0 Å². The molecule has 7 heteroatoms. The summed E-state index contributed by atoms with van der Waals surface area (Å²) in [4.78, 5) is 6.48. The second kappa shape index (κ2) is 5.44. The molecule has 1 saturated heterocycles. The van der Waals surface area contributed by atoms with Gasteiger partial charge >= 0.3 is 0 Å². The van der Waals surface area contributed by atoms with Crippen molar-refractivity contribution in [3.63, 3.8) is 0 Å². The van der Waals surface area contributed by atoms with Crippen molar-refractivity contribution in [1.82, 2.24) is 14.2 Å². The van der Waals surface area contributed by atoms with Gasteiger partial charge in [0.2, 0.25) is 10.0 Å². The van der Waals surface area contributed by atoms with Gasteiger partial charge in [0.1, 0.15) is 5.82 Å². The number of hydrogen-bond donors (Lipinski definition) is 1. The fourth-order valence-corrected chi connectivity index (χ4v) is 3.95. The Morgan fingerprint density at radius 3 is 2.79 bits per heavy atom. The highest BCUT2D eigenvalue weighted by Crippen LogP contribution is 2.22. The SMILES string of the molecule is CNc1cc(S(=O)(=O)N2CCN(C)CC2C)ccn1. The largest absolute Gasteiger partial charge is 0.373 e. The van der Waals surface area contributed by atoms with E-state index < -0.39 is 10.0 Å². The van der Waals surface area contributed by atoms with Crippen LogP contribution in [-0.2, 0) is 10.0 Å². The van der Waals surface area contributed by atoms with Crippen LogP contribution in [-0.4, -0.2) is 62.4 Å². The van der Waals surface area contributed by atoms with Gasteiger partial charge in [-0.15, -0.1) is 0 Å². The quantitative estimate of drug-likeness (QED) is 0.873. The molecule has 1 unspecified atom stereocenters. The molecule has 1 aromatic heterocycles. The van der Waals surface area contributed by atoms with Crippen molar-refractivity contribution >= 4 is 15.8 Å². The molecule has 2 heterocycles. The van der Waals surface area contributed by atoms with Crippen LogP contribution in [0.3, 0.4) is 0 Å². The molecule has 0 aromatic carbocycles. The van der Waals surface area contributed by atoms with Crippen molar-refractivity contribution in [2.75, 3.05) is 39.0 Å². The van der Waals surface area contributed by atoms with Gasteiger partial charge in [0, 0.05) is 45.0 Å². The van der Waals surface area contributed by atoms with E-state index in [0.717, 1.165) is 13.1 Å². The molecule has 0 saturated carbocycles. The van der Waals surface area contributed by atoms with Gasteiger partial charge in [0.15, 0.2) is 0 Å². The first-order valence-electron chi connectivity index (χ1n) is 6.29. The summed E-state index contributed by atoms with van der Waals surface area (Å²) < 4.78 is 26.8. The first kappa shape index (κ1) is 14.2. The Hall–Kier alpha value is -1.18. The first-order valence-corrected chi connectivity index (χ1v) is 7.73. The molecule has 6 nitrogen and oxygen atoms in total. The fourth-order valence-electron chi connectivity index (χ4n) is 2.32. The molecule has 0 aliphatic carbocycles. The molecular formula is C12H20N4O2S. The van der Waals surface area contributed by atoms with Gasteiger partial charge < -0.3 is 10.2 Å². The lowest BCUT2D eigenvalue weighted by atomic mass is 10.2. The molecule has 1 fully saturated rings. The van der Waals surface area contributed by atoms with E-state index in [1.807, 2.05) is 14.0 Å². The van der Waals surface area contributed by atoms with Crippen molar-refractivity contribution < 1.29 is 8.42 Å². The Labute approximate surface area is 114 Å². The number of sulfonamides is 1. The highest BCUT2D eigenvalue weighted by molar-refractivity contribution is 7.89. The minimum Gasteiger partial charge on any atom is -0.373 e. The van der Waals surface area contributed by atoms with Crippen molar-refractivity contribution in [3.8, 4) is 0 Å². The summed E-state index contributed by atoms with van der Waals surface area (Å²) in [5.41, 5.74) is 0. The smallest absolute Gasteiger partial charge is 0.243 e. The van der Waals surface area contributed by atoms with Gasteiger partial charge in [0.25, 0.3) is 0 Å². The fraction of sp³-hybridized carbons (Fsp3) is 0.583. The van der Waals surface area contributed by atoms with E-state index in [-0.39, 0.29) is 6.04 Å². The zero-order valence-electron chi connectivity index (χ0n) is 11.5. The molecule has 1 aliphatic heterocycles. The molecule has 1 atom stereocenters. The average Bonchev–Trinajstić information content (AvgIpc) is 2.38. The van der Waals surface area contributed by atoms with Crippen molar-refractivity contribution in [2.24, 2.45) is 0 Å². The lowest BCUT2D eigenvalue weighted by Crippen LogP contribution is -2.52. The number of aromatic nitrogens is 1. The third-order valence-corrected chi connectivity index (χ3v) is 5.37. The van der Waals surface area contributed by atoms with Crippen molar-refractivity contribution in [2.45, 2.75) is 17.9 Å². The van der Waals surface area contributed by atoms with E-state index in [4.69, 9.17) is 0 Å². The van der Waals surface area contributed by atoms with Crippen LogP contribution in [0.4, 0.5) is 5.82 Å². The summed E-state index contributed by atoms with van der Waals surface area (Å²) in [7, 11) is 0.285. The molecule has 0 radical (unpaired) electrons. The first-order chi connectivity index (χ1) is 8.95. The van der Waals surface area contributed by atoms with E-state index in [1.54, 1.807) is 23.5 Å². The topological polar surface area (TPSA) is 65.5 Å². The van der Waals surface area contributed by atoms with E-state index in [1.165, 1.54) is 6.20 Å². The van der Waals surface area contributed by atoms with Gasteiger partial charge in [-0.3, -0.25) is 0 Å². The summed E-state index contributed by atoms with van der Waals surface area (Å²) >= 11 is 0. The predicted molar refractivity (Wildman–Crippen MR) is 74.6 cm³/mol. The zero-order chi connectivity index (χ0) is 14.0. The molecule has 2 rings (SSSR count). The maximum atomic E-state index is 12.6. The zero-order valence-corrected chi connectivity index (χ0v) is 12.3. The Bertz CT molecular complexity index is 546. The van der Waals surface area contributed by atoms with Crippen molar-refractivity contribution in [1.29, 1.82) is 0 Å². The Kier molecular flexibility index (Phi) is 4.07. The average molecular weight is 284 g/mol. The molecule has 1 aromatic rings. The van der Waals surface area contributed by atoms with Gasteiger partial charge in [0.05, 0.1) is 4.90 Å². The summed E-state index contributed by atoms with van der Waals surface area (Å²) in [5.74, 6) is 0.558. The third-order valence-electron chi connectivity index (χ3n) is 3.36. The summed E-state index contributed by atoms with van der Waals surface area (Å²) in [6.45, 7) is 3.97. The molecule has 106 valence electrons. The van der Waals surface area contributed by atoms with Gasteiger partial charge in [-0.2, -0.15) is 4.31 Å². The molecule has 1 N–H and O–H groups in total. The monoisotopic (exact) mass is 284 g/mol. The summed E-state index contributed by atoms with van der Waals surface area (Å²) in [6.07, 6.45) is 1.51. The highest BCUT2D eigenvalue weighted by atomic mass is 32.2. The van der Waals surface area contributed by atoms with Crippen LogP contribution in [0.2, 0.25) is 0 Å². The van der Waals surface area contributed by atoms with Crippen LogP contribution >= 0.6 is 0 Å². The Morgan fingerprint density at radius 2 is 2.16 bits per heavy atom. The standard InChI is InChI=1S/C12H20N4O2S/c1-10-9-15(3)6-7-16(10)19(17,18)11-4-5-14-12(8-11)13-2/h4-5,8,10H,6-7,9H2,1-3H3,(H,13,14). The second-order valence-electron chi connectivity index (χ2n) is 4.85. The van der Waals surface area contributed by atoms with Crippen LogP contribution in [0.1, 0.15) is 6.92 Å². The third kappa shape index (κ3) is 2.88. The second-order valence-corrected chi connectivity index (χ2v) is 6.74. The number of nitrogens with one attached hydrogen (secondary N) is 1. The number of likely N-dealkylation sites (N-methyl/N-ethyl adjacent to an activating group) is 1. The van der Waals surface area contributed by atoms with Crippen LogP contribution in [0.15, 0.2) is 23.2 Å². The van der Waals surface area contributed by atoms with Crippen LogP contribution in [0.25, 0.3) is 0 Å². The normalized spacial score (nSPS) is 22.4. The number of piperazine rings is 1. The lowest BCUT2D eigenvalue weighted by Gasteiger charge is -2.37. The molecule has 0 bridgehead atoms. The molecule has 0 amide bonds. The highest BCUT2D eigenvalue weighted by Gasteiger charge is 2.32. The number of hydrogen-bond acceptors (Lipinski definition) is 5. The molecule has 1 aliphatic rings.